The molecule has 0 radical (unpaired) electrons. The highest BCUT2D eigenvalue weighted by Crippen LogP contribution is 2.35. The quantitative estimate of drug-likeness (QED) is 0.683. The van der Waals surface area contributed by atoms with Gasteiger partial charge in [0.2, 0.25) is 17.7 Å². The van der Waals surface area contributed by atoms with Crippen LogP contribution in [0.3, 0.4) is 0 Å². The number of benzene rings is 1. The number of ether oxygens (including phenoxy) is 1. The molecule has 2 fully saturated rings. The maximum Gasteiger partial charge on any atom is 0.225 e. The second-order valence-electron chi connectivity index (χ2n) is 10.2. The molecule has 2 aliphatic heterocycles. The van der Waals surface area contributed by atoms with Gasteiger partial charge in [-0.3, -0.25) is 24.4 Å². The minimum atomic E-state index is -0.366. The number of likely N-dealkylation sites (tertiary alicyclic amines) is 1. The first-order chi connectivity index (χ1) is 18.1. The first-order valence-corrected chi connectivity index (χ1v) is 13.4. The Hall–Kier alpha value is -3.49. The lowest BCUT2D eigenvalue weighted by molar-refractivity contribution is -0.138. The SMILES string of the molecule is O=C1NCCN(C(=O)C2CCC2)CCCOc2cccc(c2)[C@H]2CN(C(=O)CCc3cnccn3)C[C@H]12. The lowest BCUT2D eigenvalue weighted by Crippen LogP contribution is -2.45. The molecular weight excluding hydrogens is 470 g/mol. The van der Waals surface area contributed by atoms with E-state index in [9.17, 15) is 14.4 Å². The average Bonchev–Trinajstić information content (AvgIpc) is 3.34. The van der Waals surface area contributed by atoms with Crippen molar-refractivity contribution in [1.82, 2.24) is 25.1 Å². The average molecular weight is 506 g/mol. The van der Waals surface area contributed by atoms with Gasteiger partial charge in [-0.15, -0.1) is 0 Å². The van der Waals surface area contributed by atoms with Gasteiger partial charge in [-0.2, -0.15) is 0 Å². The van der Waals surface area contributed by atoms with E-state index in [1.54, 1.807) is 23.5 Å². The number of nitrogens with zero attached hydrogens (tertiary/aromatic N) is 4. The number of hydrogen-bond acceptors (Lipinski definition) is 6. The standard InChI is InChI=1S/C28H35N5O4/c34-26(9-8-22-17-29-10-11-30-22)33-18-24-21-6-2-7-23(16-21)37-15-3-13-32(28(36)20-4-1-5-20)14-12-31-27(35)25(24)19-33/h2,6-7,10-11,16-17,20,24-25H,1,3-5,8-9,12-15,18-19H2,(H,31,35)/t24-,25+/m1/s1. The van der Waals surface area contributed by atoms with Gasteiger partial charge in [0.1, 0.15) is 5.75 Å². The molecule has 1 aromatic carbocycles. The highest BCUT2D eigenvalue weighted by Gasteiger charge is 2.40. The van der Waals surface area contributed by atoms with Gasteiger partial charge in [-0.05, 0) is 43.4 Å². The van der Waals surface area contributed by atoms with Crippen molar-refractivity contribution < 1.29 is 19.1 Å². The van der Waals surface area contributed by atoms with Gasteiger partial charge >= 0.3 is 0 Å². The van der Waals surface area contributed by atoms with Gasteiger partial charge in [0.05, 0.1) is 18.2 Å². The largest absolute Gasteiger partial charge is 0.494 e. The van der Waals surface area contributed by atoms with Crippen LogP contribution in [0.2, 0.25) is 0 Å². The summed E-state index contributed by atoms with van der Waals surface area (Å²) in [7, 11) is 0. The molecule has 0 unspecified atom stereocenters. The fraction of sp³-hybridized carbons (Fsp3) is 0.536. The minimum Gasteiger partial charge on any atom is -0.494 e. The second kappa shape index (κ2) is 11.7. The Morgan fingerprint density at radius 3 is 2.70 bits per heavy atom. The Morgan fingerprint density at radius 1 is 1.05 bits per heavy atom. The topological polar surface area (TPSA) is 105 Å². The van der Waals surface area contributed by atoms with Gasteiger partial charge in [-0.25, -0.2) is 0 Å². The van der Waals surface area contributed by atoms with Crippen LogP contribution in [0.4, 0.5) is 0 Å². The number of hydrogen-bond donors (Lipinski definition) is 1. The van der Waals surface area contributed by atoms with E-state index < -0.39 is 0 Å². The van der Waals surface area contributed by atoms with Crippen molar-refractivity contribution in [3.8, 4) is 5.75 Å². The van der Waals surface area contributed by atoms with Gasteiger partial charge in [0, 0.05) is 69.6 Å². The number of nitrogens with one attached hydrogen (secondary N) is 1. The summed E-state index contributed by atoms with van der Waals surface area (Å²) in [6, 6.07) is 7.86. The smallest absolute Gasteiger partial charge is 0.225 e. The van der Waals surface area contributed by atoms with E-state index in [4.69, 9.17) is 4.74 Å². The van der Waals surface area contributed by atoms with Crippen LogP contribution < -0.4 is 10.1 Å². The summed E-state index contributed by atoms with van der Waals surface area (Å²) in [4.78, 5) is 51.4. The number of carbonyl (C=O) groups excluding carboxylic acids is 3. The van der Waals surface area contributed by atoms with Gasteiger partial charge < -0.3 is 19.9 Å². The van der Waals surface area contributed by atoms with Crippen LogP contribution in [0.15, 0.2) is 42.9 Å². The molecule has 1 saturated carbocycles. The van der Waals surface area contributed by atoms with Crippen molar-refractivity contribution in [2.24, 2.45) is 11.8 Å². The summed E-state index contributed by atoms with van der Waals surface area (Å²) in [5.74, 6) is 0.496. The molecule has 2 aromatic rings. The number of amides is 3. The molecule has 9 heteroatoms. The Bertz CT molecular complexity index is 1110. The predicted octanol–water partition coefficient (Wildman–Crippen LogP) is 2.18. The van der Waals surface area contributed by atoms with E-state index in [0.29, 0.717) is 52.2 Å². The molecule has 3 aliphatic rings. The summed E-state index contributed by atoms with van der Waals surface area (Å²) < 4.78 is 6.03. The number of aromatic nitrogens is 2. The van der Waals surface area contributed by atoms with Crippen molar-refractivity contribution >= 4 is 17.7 Å². The number of aryl methyl sites for hydroxylation is 1. The highest BCUT2D eigenvalue weighted by molar-refractivity contribution is 5.84. The molecule has 2 bridgehead atoms. The van der Waals surface area contributed by atoms with E-state index in [2.05, 4.69) is 15.3 Å². The summed E-state index contributed by atoms with van der Waals surface area (Å²) in [6.45, 7) is 2.88. The Balaban J connectivity index is 1.30. The molecule has 3 amide bonds. The van der Waals surface area contributed by atoms with Gasteiger partial charge in [0.25, 0.3) is 0 Å². The van der Waals surface area contributed by atoms with Crippen molar-refractivity contribution in [3.63, 3.8) is 0 Å². The number of carbonyl (C=O) groups is 3. The molecule has 3 heterocycles. The Labute approximate surface area is 217 Å². The first kappa shape index (κ1) is 25.2. The van der Waals surface area contributed by atoms with Crippen molar-refractivity contribution in [3.05, 3.63) is 54.1 Å². The number of fused-ring (bicyclic) bond motifs is 4. The predicted molar refractivity (Wildman–Crippen MR) is 137 cm³/mol. The summed E-state index contributed by atoms with van der Waals surface area (Å²) >= 11 is 0. The van der Waals surface area contributed by atoms with E-state index in [0.717, 1.165) is 42.7 Å². The van der Waals surface area contributed by atoms with Crippen LogP contribution in [-0.2, 0) is 20.8 Å². The van der Waals surface area contributed by atoms with Gasteiger partial charge in [0.15, 0.2) is 0 Å². The molecule has 0 spiro atoms. The lowest BCUT2D eigenvalue weighted by Gasteiger charge is -2.32. The zero-order valence-corrected chi connectivity index (χ0v) is 21.2. The van der Waals surface area contributed by atoms with Crippen LogP contribution in [0, 0.1) is 11.8 Å². The van der Waals surface area contributed by atoms with Crippen LogP contribution in [0.25, 0.3) is 0 Å². The van der Waals surface area contributed by atoms with Crippen LogP contribution in [0.1, 0.15) is 49.3 Å². The third-order valence-electron chi connectivity index (χ3n) is 7.80. The lowest BCUT2D eigenvalue weighted by atomic mass is 9.84. The van der Waals surface area contributed by atoms with Gasteiger partial charge in [-0.1, -0.05) is 18.6 Å². The molecule has 1 aromatic heterocycles. The zero-order valence-electron chi connectivity index (χ0n) is 21.2. The Kier molecular flexibility index (Phi) is 7.96. The fourth-order valence-electron chi connectivity index (χ4n) is 5.43. The molecule has 1 saturated heterocycles. The van der Waals surface area contributed by atoms with Crippen LogP contribution >= 0.6 is 0 Å². The molecular formula is C28H35N5O4. The molecule has 2 atom stereocenters. The normalized spacial score (nSPS) is 22.8. The Morgan fingerprint density at radius 2 is 1.92 bits per heavy atom. The summed E-state index contributed by atoms with van der Waals surface area (Å²) in [6.07, 6.45) is 9.49. The van der Waals surface area contributed by atoms with E-state index >= 15 is 0 Å². The molecule has 1 aliphatic carbocycles. The first-order valence-electron chi connectivity index (χ1n) is 13.4. The van der Waals surface area contributed by atoms with Crippen molar-refractivity contribution in [1.29, 1.82) is 0 Å². The molecule has 1 N–H and O–H groups in total. The molecule has 9 nitrogen and oxygen atoms in total. The van der Waals surface area contributed by atoms with Crippen molar-refractivity contribution in [2.45, 2.75) is 44.4 Å². The third-order valence-corrected chi connectivity index (χ3v) is 7.80. The van der Waals surface area contributed by atoms with E-state index in [1.165, 1.54) is 0 Å². The molecule has 196 valence electrons. The maximum absolute atomic E-state index is 13.4. The van der Waals surface area contributed by atoms with E-state index in [-0.39, 0.29) is 35.5 Å². The third kappa shape index (κ3) is 6.09. The zero-order chi connectivity index (χ0) is 25.6. The highest BCUT2D eigenvalue weighted by atomic mass is 16.5. The number of rotatable bonds is 4. The monoisotopic (exact) mass is 505 g/mol. The van der Waals surface area contributed by atoms with E-state index in [1.807, 2.05) is 29.2 Å². The minimum absolute atomic E-state index is 0.00791. The molecule has 37 heavy (non-hydrogen) atoms. The van der Waals surface area contributed by atoms with Crippen molar-refractivity contribution in [2.75, 3.05) is 39.3 Å². The van der Waals surface area contributed by atoms with Crippen LogP contribution in [0.5, 0.6) is 5.75 Å². The summed E-state index contributed by atoms with van der Waals surface area (Å²) in [5, 5.41) is 3.07. The van der Waals surface area contributed by atoms with Crippen LogP contribution in [-0.4, -0.2) is 76.8 Å². The fourth-order valence-corrected chi connectivity index (χ4v) is 5.43. The molecule has 5 rings (SSSR count). The second-order valence-corrected chi connectivity index (χ2v) is 10.2. The maximum atomic E-state index is 13.4. The summed E-state index contributed by atoms with van der Waals surface area (Å²) in [5.41, 5.74) is 1.78.